The van der Waals surface area contributed by atoms with Crippen LogP contribution >= 0.6 is 0 Å². The zero-order valence-electron chi connectivity index (χ0n) is 10.7. The van der Waals surface area contributed by atoms with E-state index in [9.17, 15) is 4.79 Å². The summed E-state index contributed by atoms with van der Waals surface area (Å²) in [6.07, 6.45) is -0.0242. The van der Waals surface area contributed by atoms with Crippen molar-refractivity contribution in [2.75, 3.05) is 19.0 Å². The number of hydrogen-bond donors (Lipinski definition) is 1. The van der Waals surface area contributed by atoms with Gasteiger partial charge in [-0.1, -0.05) is 6.07 Å². The second-order valence-corrected chi connectivity index (χ2v) is 3.90. The second kappa shape index (κ2) is 6.62. The van der Waals surface area contributed by atoms with Gasteiger partial charge in [0.2, 0.25) is 0 Å². The molecule has 0 bridgehead atoms. The molecule has 0 aromatic heterocycles. The minimum Gasteiger partial charge on any atom is -0.495 e. The third-order valence-corrected chi connectivity index (χ3v) is 2.18. The molecule has 1 rings (SSSR count). The van der Waals surface area contributed by atoms with Crippen molar-refractivity contribution in [3.05, 3.63) is 23.8 Å². The van der Waals surface area contributed by atoms with Crippen LogP contribution in [0.2, 0.25) is 0 Å². The highest BCUT2D eigenvalue weighted by Gasteiger charge is 2.12. The molecule has 0 atom stereocenters. The zero-order chi connectivity index (χ0) is 13.5. The fourth-order valence-corrected chi connectivity index (χ4v) is 1.34. The lowest BCUT2D eigenvalue weighted by molar-refractivity contribution is -0.121. The van der Waals surface area contributed by atoms with E-state index in [0.29, 0.717) is 17.0 Å². The maximum absolute atomic E-state index is 11.7. The molecule has 0 unspecified atom stereocenters. The van der Waals surface area contributed by atoms with Crippen molar-refractivity contribution in [1.29, 1.82) is 5.26 Å². The Morgan fingerprint density at radius 3 is 2.78 bits per heavy atom. The molecular formula is C13H16N2O3. The van der Waals surface area contributed by atoms with E-state index in [-0.39, 0.29) is 18.6 Å². The molecule has 0 fully saturated rings. The van der Waals surface area contributed by atoms with Crippen molar-refractivity contribution in [3.8, 4) is 11.8 Å². The van der Waals surface area contributed by atoms with Gasteiger partial charge < -0.3 is 14.8 Å². The number of methoxy groups -OCH3 is 1. The van der Waals surface area contributed by atoms with Crippen LogP contribution in [0.1, 0.15) is 19.4 Å². The Bertz CT molecular complexity index is 464. The van der Waals surface area contributed by atoms with E-state index in [1.807, 2.05) is 19.9 Å². The van der Waals surface area contributed by atoms with E-state index in [0.717, 1.165) is 0 Å². The molecule has 1 aromatic rings. The van der Waals surface area contributed by atoms with Gasteiger partial charge in [-0.25, -0.2) is 0 Å². The van der Waals surface area contributed by atoms with Crippen molar-refractivity contribution in [3.63, 3.8) is 0 Å². The van der Waals surface area contributed by atoms with Gasteiger partial charge in [-0.2, -0.15) is 5.26 Å². The minimum atomic E-state index is -0.315. The molecule has 0 aliphatic rings. The van der Waals surface area contributed by atoms with Crippen LogP contribution in [0.3, 0.4) is 0 Å². The van der Waals surface area contributed by atoms with E-state index in [4.69, 9.17) is 14.7 Å². The minimum absolute atomic E-state index is 0.0242. The molecule has 0 aliphatic heterocycles. The van der Waals surface area contributed by atoms with Crippen LogP contribution < -0.4 is 10.1 Å². The lowest BCUT2D eigenvalue weighted by atomic mass is 10.2. The van der Waals surface area contributed by atoms with Crippen LogP contribution in [0.25, 0.3) is 0 Å². The summed E-state index contributed by atoms with van der Waals surface area (Å²) < 4.78 is 10.3. The van der Waals surface area contributed by atoms with E-state index in [2.05, 4.69) is 5.32 Å². The molecule has 0 saturated heterocycles. The van der Waals surface area contributed by atoms with Crippen molar-refractivity contribution < 1.29 is 14.3 Å². The number of amides is 1. The molecule has 5 nitrogen and oxygen atoms in total. The van der Waals surface area contributed by atoms with Gasteiger partial charge in [-0.15, -0.1) is 0 Å². The SMILES string of the molecule is COc1cccc(C#N)c1NC(=O)COC(C)C. The molecule has 0 heterocycles. The molecular weight excluding hydrogens is 232 g/mol. The van der Waals surface area contributed by atoms with E-state index in [1.165, 1.54) is 7.11 Å². The van der Waals surface area contributed by atoms with Gasteiger partial charge >= 0.3 is 0 Å². The van der Waals surface area contributed by atoms with Gasteiger partial charge in [0.15, 0.2) is 0 Å². The first-order valence-electron chi connectivity index (χ1n) is 5.57. The summed E-state index contributed by atoms with van der Waals surface area (Å²) in [5, 5.41) is 11.6. The first-order chi connectivity index (χ1) is 8.58. The van der Waals surface area contributed by atoms with Crippen LogP contribution in [0, 0.1) is 11.3 Å². The third kappa shape index (κ3) is 3.75. The molecule has 1 aromatic carbocycles. The number of carbonyl (C=O) groups is 1. The highest BCUT2D eigenvalue weighted by atomic mass is 16.5. The van der Waals surface area contributed by atoms with Gasteiger partial charge in [-0.3, -0.25) is 4.79 Å². The number of carbonyl (C=O) groups excluding carboxylic acids is 1. The quantitative estimate of drug-likeness (QED) is 0.864. The number of benzene rings is 1. The first kappa shape index (κ1) is 14.0. The molecule has 0 spiro atoms. The highest BCUT2D eigenvalue weighted by Crippen LogP contribution is 2.27. The molecule has 5 heteroatoms. The van der Waals surface area contributed by atoms with Crippen LogP contribution in [0.4, 0.5) is 5.69 Å². The van der Waals surface area contributed by atoms with Crippen molar-refractivity contribution in [1.82, 2.24) is 0 Å². The predicted octanol–water partition coefficient (Wildman–Crippen LogP) is 1.93. The number of ether oxygens (including phenoxy) is 2. The summed E-state index contributed by atoms with van der Waals surface area (Å²) in [7, 11) is 1.48. The van der Waals surface area contributed by atoms with Gasteiger partial charge in [0.25, 0.3) is 5.91 Å². The number of nitriles is 1. The second-order valence-electron chi connectivity index (χ2n) is 3.90. The Kier molecular flexibility index (Phi) is 5.15. The first-order valence-corrected chi connectivity index (χ1v) is 5.57. The van der Waals surface area contributed by atoms with Crippen LogP contribution in [-0.2, 0) is 9.53 Å². The third-order valence-electron chi connectivity index (χ3n) is 2.18. The smallest absolute Gasteiger partial charge is 0.250 e. The van der Waals surface area contributed by atoms with Crippen LogP contribution in [0.5, 0.6) is 5.75 Å². The summed E-state index contributed by atoms with van der Waals surface area (Å²) in [6, 6.07) is 6.99. The number of rotatable bonds is 5. The normalized spacial score (nSPS) is 9.94. The maximum atomic E-state index is 11.7. The lowest BCUT2D eigenvalue weighted by Gasteiger charge is -2.12. The molecule has 1 N–H and O–H groups in total. The Morgan fingerprint density at radius 2 is 2.22 bits per heavy atom. The average Bonchev–Trinajstić information content (AvgIpc) is 2.36. The summed E-state index contributed by atoms with van der Waals surface area (Å²) in [5.41, 5.74) is 0.729. The van der Waals surface area contributed by atoms with E-state index in [1.54, 1.807) is 18.2 Å². The standard InChI is InChI=1S/C13H16N2O3/c1-9(2)18-8-12(16)15-13-10(7-14)5-4-6-11(13)17-3/h4-6,9H,8H2,1-3H3,(H,15,16). The Hall–Kier alpha value is -2.06. The zero-order valence-corrected chi connectivity index (χ0v) is 10.7. The van der Waals surface area contributed by atoms with Crippen molar-refractivity contribution in [2.45, 2.75) is 20.0 Å². The summed E-state index contributed by atoms with van der Waals surface area (Å²) >= 11 is 0. The fourth-order valence-electron chi connectivity index (χ4n) is 1.34. The van der Waals surface area contributed by atoms with Crippen LogP contribution in [0.15, 0.2) is 18.2 Å². The van der Waals surface area contributed by atoms with Crippen LogP contribution in [-0.4, -0.2) is 25.7 Å². The highest BCUT2D eigenvalue weighted by molar-refractivity contribution is 5.94. The number of hydrogen-bond acceptors (Lipinski definition) is 4. The number of nitrogens with zero attached hydrogens (tertiary/aromatic N) is 1. The summed E-state index contributed by atoms with van der Waals surface area (Å²) in [4.78, 5) is 11.7. The number of nitrogens with one attached hydrogen (secondary N) is 1. The molecule has 0 aliphatic carbocycles. The lowest BCUT2D eigenvalue weighted by Crippen LogP contribution is -2.21. The Balaban J connectivity index is 2.83. The molecule has 0 saturated carbocycles. The maximum Gasteiger partial charge on any atom is 0.250 e. The van der Waals surface area contributed by atoms with Gasteiger partial charge in [-0.05, 0) is 26.0 Å². The molecule has 96 valence electrons. The Labute approximate surface area is 106 Å². The van der Waals surface area contributed by atoms with Gasteiger partial charge in [0, 0.05) is 0 Å². The van der Waals surface area contributed by atoms with E-state index >= 15 is 0 Å². The van der Waals surface area contributed by atoms with Crippen molar-refractivity contribution in [2.24, 2.45) is 0 Å². The van der Waals surface area contributed by atoms with Gasteiger partial charge in [0.05, 0.1) is 18.8 Å². The molecule has 18 heavy (non-hydrogen) atoms. The predicted molar refractivity (Wildman–Crippen MR) is 67.4 cm³/mol. The Morgan fingerprint density at radius 1 is 1.50 bits per heavy atom. The molecule has 1 amide bonds. The monoisotopic (exact) mass is 248 g/mol. The topological polar surface area (TPSA) is 71.3 Å². The number of para-hydroxylation sites is 1. The summed E-state index contributed by atoms with van der Waals surface area (Å²) in [5.74, 6) is 0.136. The molecule has 0 radical (unpaired) electrons. The number of anilines is 1. The van der Waals surface area contributed by atoms with Gasteiger partial charge in [0.1, 0.15) is 24.1 Å². The summed E-state index contributed by atoms with van der Waals surface area (Å²) in [6.45, 7) is 3.63. The fraction of sp³-hybridized carbons (Fsp3) is 0.385. The van der Waals surface area contributed by atoms with Crippen molar-refractivity contribution >= 4 is 11.6 Å². The van der Waals surface area contributed by atoms with E-state index < -0.39 is 0 Å². The average molecular weight is 248 g/mol. The largest absolute Gasteiger partial charge is 0.495 e.